The maximum atomic E-state index is 12.8. The molecule has 3 rings (SSSR count). The number of ether oxygens (including phenoxy) is 2. The molecule has 0 aliphatic heterocycles. The van der Waals surface area contributed by atoms with Gasteiger partial charge in [-0.1, -0.05) is 11.6 Å². The standard InChI is InChI=1S/C21H24ClN3O5S/c1-29-9-8-24-20(28)18-13-4-2-3-5-16(13)31-21(18)25-17(26)11-30-15-7-6-12(22)10-14(15)19(23)27/h6-7,10H,2-5,8-9,11H2,1H3,(H2,23,27)(H,24,28)(H,25,26). The molecule has 0 fully saturated rings. The Labute approximate surface area is 189 Å². The zero-order chi connectivity index (χ0) is 22.4. The second-order valence-electron chi connectivity index (χ2n) is 7.01. The lowest BCUT2D eigenvalue weighted by molar-refractivity contribution is -0.118. The van der Waals surface area contributed by atoms with Crippen LogP contribution in [0.15, 0.2) is 18.2 Å². The third-order valence-corrected chi connectivity index (χ3v) is 6.25. The Morgan fingerprint density at radius 3 is 2.74 bits per heavy atom. The number of benzene rings is 1. The summed E-state index contributed by atoms with van der Waals surface area (Å²) >= 11 is 7.30. The minimum absolute atomic E-state index is 0.0881. The summed E-state index contributed by atoms with van der Waals surface area (Å²) in [5, 5.41) is 6.45. The van der Waals surface area contributed by atoms with Gasteiger partial charge in [-0.3, -0.25) is 14.4 Å². The maximum Gasteiger partial charge on any atom is 0.262 e. The number of fused-ring (bicyclic) bond motifs is 1. The Morgan fingerprint density at radius 2 is 2.00 bits per heavy atom. The number of rotatable bonds is 9. The molecule has 0 atom stereocenters. The van der Waals surface area contributed by atoms with Gasteiger partial charge in [-0.05, 0) is 49.4 Å². The monoisotopic (exact) mass is 465 g/mol. The van der Waals surface area contributed by atoms with Crippen LogP contribution in [0.2, 0.25) is 5.02 Å². The molecule has 10 heteroatoms. The number of nitrogens with one attached hydrogen (secondary N) is 2. The third kappa shape index (κ3) is 5.75. The molecule has 2 aromatic rings. The van der Waals surface area contributed by atoms with Crippen molar-refractivity contribution in [3.63, 3.8) is 0 Å². The van der Waals surface area contributed by atoms with E-state index in [0.29, 0.717) is 28.7 Å². The van der Waals surface area contributed by atoms with Crippen LogP contribution in [0, 0.1) is 0 Å². The lowest BCUT2D eigenvalue weighted by Crippen LogP contribution is -2.29. The Morgan fingerprint density at radius 1 is 1.23 bits per heavy atom. The van der Waals surface area contributed by atoms with E-state index in [9.17, 15) is 14.4 Å². The topological polar surface area (TPSA) is 120 Å². The van der Waals surface area contributed by atoms with E-state index < -0.39 is 11.8 Å². The molecule has 1 aromatic heterocycles. The maximum absolute atomic E-state index is 12.8. The van der Waals surface area contributed by atoms with Gasteiger partial charge < -0.3 is 25.8 Å². The number of carbonyl (C=O) groups excluding carboxylic acids is 3. The van der Waals surface area contributed by atoms with E-state index in [4.69, 9.17) is 26.8 Å². The second-order valence-corrected chi connectivity index (χ2v) is 8.55. The number of methoxy groups -OCH3 is 1. The fraction of sp³-hybridized carbons (Fsp3) is 0.381. The van der Waals surface area contributed by atoms with Gasteiger partial charge in [0.1, 0.15) is 10.8 Å². The van der Waals surface area contributed by atoms with Crippen LogP contribution in [0.5, 0.6) is 5.75 Å². The van der Waals surface area contributed by atoms with Gasteiger partial charge in [-0.15, -0.1) is 11.3 Å². The highest BCUT2D eigenvalue weighted by molar-refractivity contribution is 7.17. The largest absolute Gasteiger partial charge is 0.483 e. The number of primary amides is 1. The van der Waals surface area contributed by atoms with Crippen LogP contribution in [0.25, 0.3) is 0 Å². The van der Waals surface area contributed by atoms with E-state index in [-0.39, 0.29) is 23.8 Å². The SMILES string of the molecule is COCCNC(=O)c1c(NC(=O)COc2ccc(Cl)cc2C(N)=O)sc2c1CCCC2. The van der Waals surface area contributed by atoms with E-state index in [0.717, 1.165) is 36.1 Å². The molecule has 0 saturated carbocycles. The summed E-state index contributed by atoms with van der Waals surface area (Å²) in [7, 11) is 1.56. The highest BCUT2D eigenvalue weighted by Crippen LogP contribution is 2.38. The fourth-order valence-corrected chi connectivity index (χ4v) is 4.85. The summed E-state index contributed by atoms with van der Waals surface area (Å²) < 4.78 is 10.5. The third-order valence-electron chi connectivity index (χ3n) is 4.81. The van der Waals surface area contributed by atoms with Crippen molar-refractivity contribution in [2.45, 2.75) is 25.7 Å². The van der Waals surface area contributed by atoms with Crippen molar-refractivity contribution in [2.24, 2.45) is 5.73 Å². The molecule has 0 bridgehead atoms. The molecule has 3 amide bonds. The van der Waals surface area contributed by atoms with Crippen LogP contribution in [-0.2, 0) is 22.4 Å². The highest BCUT2D eigenvalue weighted by Gasteiger charge is 2.26. The summed E-state index contributed by atoms with van der Waals surface area (Å²) in [4.78, 5) is 38.0. The molecule has 1 aliphatic carbocycles. The minimum Gasteiger partial charge on any atom is -0.483 e. The molecular weight excluding hydrogens is 442 g/mol. The van der Waals surface area contributed by atoms with Gasteiger partial charge in [0, 0.05) is 23.6 Å². The molecular formula is C21H24ClN3O5S. The first kappa shape index (κ1) is 23.1. The first-order valence-electron chi connectivity index (χ1n) is 9.84. The fourth-order valence-electron chi connectivity index (χ4n) is 3.38. The number of carbonyl (C=O) groups is 3. The number of amides is 3. The summed E-state index contributed by atoms with van der Waals surface area (Å²) in [6.07, 6.45) is 3.75. The van der Waals surface area contributed by atoms with Crippen LogP contribution in [0.3, 0.4) is 0 Å². The van der Waals surface area contributed by atoms with Crippen molar-refractivity contribution >= 4 is 45.7 Å². The van der Waals surface area contributed by atoms with E-state index in [1.807, 2.05) is 0 Å². The number of nitrogens with two attached hydrogens (primary N) is 1. The van der Waals surface area contributed by atoms with Crippen molar-refractivity contribution in [2.75, 3.05) is 32.2 Å². The van der Waals surface area contributed by atoms with Crippen LogP contribution in [0.1, 0.15) is 44.0 Å². The molecule has 4 N–H and O–H groups in total. The van der Waals surface area contributed by atoms with E-state index in [1.165, 1.54) is 29.5 Å². The molecule has 1 heterocycles. The predicted molar refractivity (Wildman–Crippen MR) is 119 cm³/mol. The quantitative estimate of drug-likeness (QED) is 0.492. The van der Waals surface area contributed by atoms with Crippen LogP contribution in [0.4, 0.5) is 5.00 Å². The molecule has 166 valence electrons. The van der Waals surface area contributed by atoms with Crippen molar-refractivity contribution in [1.82, 2.24) is 5.32 Å². The summed E-state index contributed by atoms with van der Waals surface area (Å²) in [5.41, 5.74) is 6.93. The Bertz CT molecular complexity index is 992. The Kier molecular flexibility index (Phi) is 7.89. The van der Waals surface area contributed by atoms with Gasteiger partial charge in [-0.2, -0.15) is 0 Å². The zero-order valence-corrected chi connectivity index (χ0v) is 18.7. The molecule has 0 spiro atoms. The molecule has 1 aliphatic rings. The lowest BCUT2D eigenvalue weighted by atomic mass is 9.95. The first-order valence-corrected chi connectivity index (χ1v) is 11.0. The number of halogens is 1. The molecule has 0 saturated heterocycles. The van der Waals surface area contributed by atoms with Gasteiger partial charge >= 0.3 is 0 Å². The molecule has 31 heavy (non-hydrogen) atoms. The van der Waals surface area contributed by atoms with Crippen LogP contribution >= 0.6 is 22.9 Å². The number of hydrogen-bond acceptors (Lipinski definition) is 6. The average Bonchev–Trinajstić information content (AvgIpc) is 3.10. The van der Waals surface area contributed by atoms with E-state index >= 15 is 0 Å². The van der Waals surface area contributed by atoms with Crippen molar-refractivity contribution in [1.29, 1.82) is 0 Å². The molecule has 0 unspecified atom stereocenters. The Hall–Kier alpha value is -2.62. The zero-order valence-electron chi connectivity index (χ0n) is 17.1. The number of hydrogen-bond donors (Lipinski definition) is 3. The van der Waals surface area contributed by atoms with Crippen molar-refractivity contribution < 1.29 is 23.9 Å². The smallest absolute Gasteiger partial charge is 0.262 e. The minimum atomic E-state index is -0.709. The van der Waals surface area contributed by atoms with Crippen LogP contribution in [-0.4, -0.2) is 44.6 Å². The van der Waals surface area contributed by atoms with Gasteiger partial charge in [0.2, 0.25) is 0 Å². The summed E-state index contributed by atoms with van der Waals surface area (Å²) in [6, 6.07) is 4.40. The van der Waals surface area contributed by atoms with Crippen molar-refractivity contribution in [3.8, 4) is 5.75 Å². The predicted octanol–water partition coefficient (Wildman–Crippen LogP) is 2.77. The highest BCUT2D eigenvalue weighted by atomic mass is 35.5. The van der Waals surface area contributed by atoms with Gasteiger partial charge in [-0.25, -0.2) is 0 Å². The summed E-state index contributed by atoms with van der Waals surface area (Å²) in [5.74, 6) is -1.23. The van der Waals surface area contributed by atoms with Crippen molar-refractivity contribution in [3.05, 3.63) is 44.8 Å². The number of anilines is 1. The molecule has 0 radical (unpaired) electrons. The average molecular weight is 466 g/mol. The van der Waals surface area contributed by atoms with E-state index in [2.05, 4.69) is 10.6 Å². The number of aryl methyl sites for hydroxylation is 1. The Balaban J connectivity index is 1.73. The van der Waals surface area contributed by atoms with E-state index in [1.54, 1.807) is 7.11 Å². The lowest BCUT2D eigenvalue weighted by Gasteiger charge is -2.13. The molecule has 8 nitrogen and oxygen atoms in total. The first-order chi connectivity index (χ1) is 14.9. The number of thiophene rings is 1. The van der Waals surface area contributed by atoms with Gasteiger partial charge in [0.25, 0.3) is 17.7 Å². The molecule has 1 aromatic carbocycles. The summed E-state index contributed by atoms with van der Waals surface area (Å²) in [6.45, 7) is 0.426. The van der Waals surface area contributed by atoms with Crippen LogP contribution < -0.4 is 21.1 Å². The second kappa shape index (κ2) is 10.6. The normalized spacial score (nSPS) is 12.7. The van der Waals surface area contributed by atoms with Gasteiger partial charge in [0.05, 0.1) is 17.7 Å². The van der Waals surface area contributed by atoms with Gasteiger partial charge in [0.15, 0.2) is 6.61 Å².